The van der Waals surface area contributed by atoms with E-state index in [4.69, 9.17) is 0 Å². The number of aromatic hydroxyl groups is 1. The normalized spacial score (nSPS) is 23.0. The Morgan fingerprint density at radius 1 is 1.39 bits per heavy atom. The Morgan fingerprint density at radius 2 is 2.06 bits per heavy atom. The van der Waals surface area contributed by atoms with Crippen LogP contribution in [0, 0.1) is 11.8 Å². The zero-order valence-electron chi connectivity index (χ0n) is 10.9. The Labute approximate surface area is 108 Å². The fourth-order valence-corrected chi connectivity index (χ4v) is 2.38. The van der Waals surface area contributed by atoms with E-state index >= 15 is 0 Å². The maximum absolute atomic E-state index is 12.3. The van der Waals surface area contributed by atoms with Gasteiger partial charge in [-0.25, -0.2) is 0 Å². The van der Waals surface area contributed by atoms with Crippen LogP contribution in [0.15, 0.2) is 24.3 Å². The van der Waals surface area contributed by atoms with Crippen molar-refractivity contribution >= 4 is 5.91 Å². The molecule has 0 saturated carbocycles. The molecular formula is C14H20N2O2. The third-order valence-corrected chi connectivity index (χ3v) is 3.57. The van der Waals surface area contributed by atoms with E-state index in [-0.39, 0.29) is 17.6 Å². The van der Waals surface area contributed by atoms with Crippen LogP contribution in [0.4, 0.5) is 0 Å². The number of hydrogen-bond acceptors (Lipinski definition) is 3. The first-order chi connectivity index (χ1) is 8.58. The molecule has 4 heteroatoms. The summed E-state index contributed by atoms with van der Waals surface area (Å²) in [4.78, 5) is 14.0. The van der Waals surface area contributed by atoms with Gasteiger partial charge in [-0.1, -0.05) is 19.1 Å². The molecule has 1 saturated heterocycles. The van der Waals surface area contributed by atoms with Crippen molar-refractivity contribution < 1.29 is 9.90 Å². The van der Waals surface area contributed by atoms with E-state index in [0.29, 0.717) is 12.5 Å². The molecule has 2 atom stereocenters. The molecule has 2 N–H and O–H groups in total. The van der Waals surface area contributed by atoms with Crippen molar-refractivity contribution in [2.75, 3.05) is 20.1 Å². The van der Waals surface area contributed by atoms with Crippen molar-refractivity contribution in [1.82, 2.24) is 10.2 Å². The maximum Gasteiger partial charge on any atom is 0.227 e. The highest BCUT2D eigenvalue weighted by molar-refractivity contribution is 5.79. The van der Waals surface area contributed by atoms with Gasteiger partial charge in [-0.05, 0) is 30.2 Å². The van der Waals surface area contributed by atoms with E-state index in [0.717, 1.165) is 18.7 Å². The summed E-state index contributed by atoms with van der Waals surface area (Å²) in [7, 11) is 1.83. The number of nitrogens with one attached hydrogen (secondary N) is 1. The lowest BCUT2D eigenvalue weighted by molar-refractivity contribution is -0.135. The predicted octanol–water partition coefficient (Wildman–Crippen LogP) is 1.21. The topological polar surface area (TPSA) is 52.6 Å². The van der Waals surface area contributed by atoms with E-state index in [9.17, 15) is 9.90 Å². The van der Waals surface area contributed by atoms with Crippen molar-refractivity contribution in [2.24, 2.45) is 11.8 Å². The monoisotopic (exact) mass is 248 g/mol. The molecular weight excluding hydrogens is 228 g/mol. The van der Waals surface area contributed by atoms with Crippen LogP contribution in [0.3, 0.4) is 0 Å². The van der Waals surface area contributed by atoms with Crippen molar-refractivity contribution in [3.05, 3.63) is 29.8 Å². The van der Waals surface area contributed by atoms with Crippen LogP contribution in [0.1, 0.15) is 12.5 Å². The summed E-state index contributed by atoms with van der Waals surface area (Å²) in [5, 5.41) is 12.5. The summed E-state index contributed by atoms with van der Waals surface area (Å²) in [5.74, 6) is 0.939. The fourth-order valence-electron chi connectivity index (χ4n) is 2.38. The lowest BCUT2D eigenvalue weighted by Crippen LogP contribution is -2.35. The lowest BCUT2D eigenvalue weighted by Gasteiger charge is -2.23. The van der Waals surface area contributed by atoms with Crippen molar-refractivity contribution in [1.29, 1.82) is 0 Å². The molecule has 1 amide bonds. The zero-order chi connectivity index (χ0) is 13.1. The highest BCUT2D eigenvalue weighted by Gasteiger charge is 2.31. The number of benzene rings is 1. The number of phenols is 1. The van der Waals surface area contributed by atoms with Crippen LogP contribution in [-0.2, 0) is 11.3 Å². The molecule has 0 spiro atoms. The fraction of sp³-hybridized carbons (Fsp3) is 0.500. The molecule has 1 aromatic rings. The highest BCUT2D eigenvalue weighted by Crippen LogP contribution is 2.19. The SMILES string of the molecule is C[C@@H]1CNC[C@H]1C(=O)N(C)Cc1ccc(O)cc1. The Kier molecular flexibility index (Phi) is 3.87. The molecule has 1 heterocycles. The van der Waals surface area contributed by atoms with Gasteiger partial charge in [-0.15, -0.1) is 0 Å². The van der Waals surface area contributed by atoms with Gasteiger partial charge in [-0.3, -0.25) is 4.79 Å². The number of carbonyl (C=O) groups excluding carboxylic acids is 1. The largest absolute Gasteiger partial charge is 0.508 e. The first-order valence-electron chi connectivity index (χ1n) is 6.31. The second kappa shape index (κ2) is 5.40. The molecule has 0 aliphatic carbocycles. The lowest BCUT2D eigenvalue weighted by atomic mass is 9.96. The summed E-state index contributed by atoms with van der Waals surface area (Å²) in [5.41, 5.74) is 1.03. The van der Waals surface area contributed by atoms with Crippen molar-refractivity contribution in [3.63, 3.8) is 0 Å². The molecule has 0 aromatic heterocycles. The van der Waals surface area contributed by atoms with Crippen molar-refractivity contribution in [2.45, 2.75) is 13.5 Å². The van der Waals surface area contributed by atoms with Gasteiger partial charge in [0.05, 0.1) is 5.92 Å². The summed E-state index contributed by atoms with van der Waals surface area (Å²) in [6.07, 6.45) is 0. The minimum Gasteiger partial charge on any atom is -0.508 e. The molecule has 2 rings (SSSR count). The molecule has 4 nitrogen and oxygen atoms in total. The average Bonchev–Trinajstić information content (AvgIpc) is 2.77. The van der Waals surface area contributed by atoms with E-state index < -0.39 is 0 Å². The zero-order valence-corrected chi connectivity index (χ0v) is 10.9. The Hall–Kier alpha value is -1.55. The van der Waals surface area contributed by atoms with Crippen LogP contribution >= 0.6 is 0 Å². The Morgan fingerprint density at radius 3 is 2.61 bits per heavy atom. The van der Waals surface area contributed by atoms with Gasteiger partial charge >= 0.3 is 0 Å². The van der Waals surface area contributed by atoms with Gasteiger partial charge in [0.15, 0.2) is 0 Å². The number of nitrogens with zero attached hydrogens (tertiary/aromatic N) is 1. The molecule has 0 unspecified atom stereocenters. The molecule has 0 radical (unpaired) electrons. The Bertz CT molecular complexity index is 416. The number of phenolic OH excluding ortho intramolecular Hbond substituents is 1. The molecule has 0 bridgehead atoms. The van der Waals surface area contributed by atoms with Gasteiger partial charge in [0.2, 0.25) is 5.91 Å². The summed E-state index contributed by atoms with van der Waals surface area (Å²) in [6.45, 7) is 4.39. The van der Waals surface area contributed by atoms with Crippen molar-refractivity contribution in [3.8, 4) is 5.75 Å². The molecule has 1 aromatic carbocycles. The second-order valence-electron chi connectivity index (χ2n) is 5.10. The van der Waals surface area contributed by atoms with Crippen LogP contribution in [0.25, 0.3) is 0 Å². The first kappa shape index (κ1) is 12.9. The number of carbonyl (C=O) groups is 1. The second-order valence-corrected chi connectivity index (χ2v) is 5.10. The minimum absolute atomic E-state index is 0.0899. The van der Waals surface area contributed by atoms with Gasteiger partial charge in [0, 0.05) is 20.1 Å². The van der Waals surface area contributed by atoms with E-state index in [1.807, 2.05) is 19.2 Å². The third kappa shape index (κ3) is 2.82. The average molecular weight is 248 g/mol. The minimum atomic E-state index is 0.0899. The molecule has 1 fully saturated rings. The summed E-state index contributed by atoms with van der Waals surface area (Å²) < 4.78 is 0. The Balaban J connectivity index is 1.97. The molecule has 1 aliphatic heterocycles. The summed E-state index contributed by atoms with van der Waals surface area (Å²) in [6, 6.07) is 6.98. The summed E-state index contributed by atoms with van der Waals surface area (Å²) >= 11 is 0. The van der Waals surface area contributed by atoms with Crippen LogP contribution < -0.4 is 5.32 Å². The molecule has 1 aliphatic rings. The smallest absolute Gasteiger partial charge is 0.227 e. The van der Waals surface area contributed by atoms with Gasteiger partial charge < -0.3 is 15.3 Å². The van der Waals surface area contributed by atoms with E-state index in [1.54, 1.807) is 17.0 Å². The van der Waals surface area contributed by atoms with Gasteiger partial charge in [0.25, 0.3) is 0 Å². The van der Waals surface area contributed by atoms with Crippen LogP contribution in [-0.4, -0.2) is 36.1 Å². The van der Waals surface area contributed by atoms with Crippen LogP contribution in [0.5, 0.6) is 5.75 Å². The van der Waals surface area contributed by atoms with Gasteiger partial charge in [0.1, 0.15) is 5.75 Å². The van der Waals surface area contributed by atoms with E-state index in [1.165, 1.54) is 0 Å². The first-order valence-corrected chi connectivity index (χ1v) is 6.31. The predicted molar refractivity (Wildman–Crippen MR) is 70.1 cm³/mol. The molecule has 98 valence electrons. The van der Waals surface area contributed by atoms with E-state index in [2.05, 4.69) is 12.2 Å². The third-order valence-electron chi connectivity index (χ3n) is 3.57. The maximum atomic E-state index is 12.3. The highest BCUT2D eigenvalue weighted by atomic mass is 16.3. The number of amides is 1. The standard InChI is InChI=1S/C14H20N2O2/c1-10-7-15-8-13(10)14(18)16(2)9-11-3-5-12(17)6-4-11/h3-6,10,13,15,17H,7-9H2,1-2H3/t10-,13-/m1/s1. The molecule has 18 heavy (non-hydrogen) atoms. The number of rotatable bonds is 3. The van der Waals surface area contributed by atoms with Crippen LogP contribution in [0.2, 0.25) is 0 Å². The quantitative estimate of drug-likeness (QED) is 0.845. The number of hydrogen-bond donors (Lipinski definition) is 2. The van der Waals surface area contributed by atoms with Gasteiger partial charge in [-0.2, -0.15) is 0 Å².